The predicted octanol–water partition coefficient (Wildman–Crippen LogP) is 1.54. The molecule has 0 aliphatic carbocycles. The Kier molecular flexibility index (Phi) is 6.80. The Balaban J connectivity index is 3.10. The third-order valence-electron chi connectivity index (χ3n) is 2.66. The number of non-ortho nitro benzene ring substituents is 1. The number of ether oxygens (including phenoxy) is 1. The molecule has 22 heavy (non-hydrogen) atoms. The molecule has 0 bridgehead atoms. The van der Waals surface area contributed by atoms with Gasteiger partial charge in [-0.3, -0.25) is 14.9 Å². The minimum Gasteiger partial charge on any atom is -0.480 e. The van der Waals surface area contributed by atoms with Crippen LogP contribution >= 0.6 is 11.8 Å². The monoisotopic (exact) mass is 328 g/mol. The summed E-state index contributed by atoms with van der Waals surface area (Å²) in [6.45, 7) is 1.67. The van der Waals surface area contributed by atoms with E-state index in [1.54, 1.807) is 0 Å². The first-order valence-corrected chi connectivity index (χ1v) is 7.33. The van der Waals surface area contributed by atoms with Gasteiger partial charge in [0.15, 0.2) is 6.04 Å². The Morgan fingerprint density at radius 2 is 2.18 bits per heavy atom. The van der Waals surface area contributed by atoms with Crippen LogP contribution in [0.5, 0.6) is 0 Å². The fourth-order valence-electron chi connectivity index (χ4n) is 1.67. The van der Waals surface area contributed by atoms with Crippen molar-refractivity contribution in [3.8, 4) is 0 Å². The van der Waals surface area contributed by atoms with Crippen molar-refractivity contribution in [1.82, 2.24) is 5.32 Å². The Bertz CT molecular complexity index is 578. The van der Waals surface area contributed by atoms with Gasteiger partial charge in [-0.25, -0.2) is 4.79 Å². The second-order valence-electron chi connectivity index (χ2n) is 4.19. The van der Waals surface area contributed by atoms with Crippen LogP contribution in [0, 0.1) is 10.1 Å². The van der Waals surface area contributed by atoms with E-state index in [0.717, 1.165) is 6.07 Å². The lowest BCUT2D eigenvalue weighted by Gasteiger charge is -2.15. The number of nitrogens with zero attached hydrogens (tertiary/aromatic N) is 1. The van der Waals surface area contributed by atoms with Crippen LogP contribution in [0.4, 0.5) is 5.69 Å². The van der Waals surface area contributed by atoms with E-state index in [1.165, 1.54) is 31.0 Å². The number of aliphatic carboxylic acids is 1. The number of rotatable bonds is 8. The number of carboxylic acid groups (broad SMARTS) is 1. The highest BCUT2D eigenvalue weighted by atomic mass is 32.2. The van der Waals surface area contributed by atoms with Crippen molar-refractivity contribution < 1.29 is 24.4 Å². The maximum atomic E-state index is 12.2. The second-order valence-corrected chi connectivity index (χ2v) is 5.50. The highest BCUT2D eigenvalue weighted by Crippen LogP contribution is 2.26. The van der Waals surface area contributed by atoms with Crippen molar-refractivity contribution in [3.05, 3.63) is 33.9 Å². The van der Waals surface area contributed by atoms with E-state index in [0.29, 0.717) is 10.6 Å². The van der Waals surface area contributed by atoms with Gasteiger partial charge < -0.3 is 15.2 Å². The fourth-order valence-corrected chi connectivity index (χ4v) is 2.45. The lowest BCUT2D eigenvalue weighted by molar-refractivity contribution is -0.384. The number of nitrogens with one attached hydrogen (secondary N) is 1. The number of carbonyl (C=O) groups excluding carboxylic acids is 1. The number of hydrogen-bond donors (Lipinski definition) is 2. The molecule has 1 aromatic carbocycles. The van der Waals surface area contributed by atoms with Crippen molar-refractivity contribution in [1.29, 1.82) is 0 Å². The minimum atomic E-state index is -1.25. The summed E-state index contributed by atoms with van der Waals surface area (Å²) >= 11 is 1.34. The Morgan fingerprint density at radius 3 is 2.68 bits per heavy atom. The lowest BCUT2D eigenvalue weighted by atomic mass is 10.1. The van der Waals surface area contributed by atoms with E-state index in [4.69, 9.17) is 9.84 Å². The van der Waals surface area contributed by atoms with Crippen molar-refractivity contribution in [2.45, 2.75) is 17.9 Å². The maximum absolute atomic E-state index is 12.2. The molecule has 1 rings (SSSR count). The molecule has 0 radical (unpaired) electrons. The van der Waals surface area contributed by atoms with E-state index < -0.39 is 22.8 Å². The van der Waals surface area contributed by atoms with Crippen molar-refractivity contribution in [2.75, 3.05) is 19.5 Å². The summed E-state index contributed by atoms with van der Waals surface area (Å²) in [6.07, 6.45) is 0. The summed E-state index contributed by atoms with van der Waals surface area (Å²) in [7, 11) is 1.31. The minimum absolute atomic E-state index is 0.0726. The molecular weight excluding hydrogens is 312 g/mol. The van der Waals surface area contributed by atoms with Gasteiger partial charge in [0.1, 0.15) is 0 Å². The van der Waals surface area contributed by atoms with Gasteiger partial charge in [0.05, 0.1) is 17.1 Å². The summed E-state index contributed by atoms with van der Waals surface area (Å²) in [5, 5.41) is 22.1. The molecular formula is C13H16N2O6S. The molecule has 0 saturated heterocycles. The molecule has 9 heteroatoms. The van der Waals surface area contributed by atoms with Crippen molar-refractivity contribution >= 4 is 29.3 Å². The summed E-state index contributed by atoms with van der Waals surface area (Å²) in [5.74, 6) is -1.27. The zero-order valence-electron chi connectivity index (χ0n) is 12.1. The molecule has 8 nitrogen and oxygen atoms in total. The Labute approximate surface area is 131 Å². The molecule has 120 valence electrons. The number of benzene rings is 1. The van der Waals surface area contributed by atoms with E-state index in [9.17, 15) is 19.7 Å². The number of methoxy groups -OCH3 is 1. The van der Waals surface area contributed by atoms with Crippen LogP contribution in [-0.2, 0) is 9.53 Å². The van der Waals surface area contributed by atoms with Crippen LogP contribution in [0.3, 0.4) is 0 Å². The van der Waals surface area contributed by atoms with E-state index in [2.05, 4.69) is 5.32 Å². The van der Waals surface area contributed by atoms with Gasteiger partial charge in [-0.15, -0.1) is 11.8 Å². The molecule has 0 aromatic heterocycles. The average Bonchev–Trinajstić information content (AvgIpc) is 2.47. The molecule has 0 spiro atoms. The molecule has 1 aromatic rings. The molecule has 0 aliphatic rings. The number of amides is 1. The normalized spacial score (nSPS) is 11.7. The van der Waals surface area contributed by atoms with E-state index >= 15 is 0 Å². The summed E-state index contributed by atoms with van der Waals surface area (Å²) in [6, 6.07) is 2.70. The number of hydrogen-bond acceptors (Lipinski definition) is 6. The lowest BCUT2D eigenvalue weighted by Crippen LogP contribution is -2.44. The van der Waals surface area contributed by atoms with Crippen LogP contribution < -0.4 is 5.32 Å². The molecule has 2 N–H and O–H groups in total. The van der Waals surface area contributed by atoms with Gasteiger partial charge in [0.25, 0.3) is 11.6 Å². The highest BCUT2D eigenvalue weighted by molar-refractivity contribution is 7.99. The van der Waals surface area contributed by atoms with Crippen LogP contribution in [0.15, 0.2) is 23.1 Å². The molecule has 1 atom stereocenters. The molecule has 0 heterocycles. The second kappa shape index (κ2) is 8.35. The van der Waals surface area contributed by atoms with Gasteiger partial charge >= 0.3 is 5.97 Å². The Hall–Kier alpha value is -2.13. The third kappa shape index (κ3) is 4.71. The highest BCUT2D eigenvalue weighted by Gasteiger charge is 2.23. The summed E-state index contributed by atoms with van der Waals surface area (Å²) in [4.78, 5) is 34.0. The maximum Gasteiger partial charge on any atom is 0.328 e. The van der Waals surface area contributed by atoms with Crippen molar-refractivity contribution in [2.24, 2.45) is 0 Å². The number of nitro benzene ring substituents is 1. The number of nitro groups is 1. The summed E-state index contributed by atoms with van der Waals surface area (Å²) < 4.78 is 4.73. The van der Waals surface area contributed by atoms with Crippen LogP contribution in [0.25, 0.3) is 0 Å². The SMILES string of the molecule is CCSc1ccc([N+](=O)[O-])cc1C(=O)NC(COC)C(=O)O. The smallest absolute Gasteiger partial charge is 0.328 e. The first-order chi connectivity index (χ1) is 10.4. The van der Waals surface area contributed by atoms with Crippen LogP contribution in [0.2, 0.25) is 0 Å². The van der Waals surface area contributed by atoms with Gasteiger partial charge in [0.2, 0.25) is 0 Å². The van der Waals surface area contributed by atoms with Gasteiger partial charge in [-0.1, -0.05) is 6.92 Å². The molecule has 1 unspecified atom stereocenters. The molecule has 0 fully saturated rings. The number of carbonyl (C=O) groups is 2. The quantitative estimate of drug-likeness (QED) is 0.422. The Morgan fingerprint density at radius 1 is 1.50 bits per heavy atom. The number of carboxylic acids is 1. The summed E-state index contributed by atoms with van der Waals surface area (Å²) in [5.41, 5.74) is -0.160. The third-order valence-corrected chi connectivity index (χ3v) is 3.61. The fraction of sp³-hybridized carbons (Fsp3) is 0.385. The van der Waals surface area contributed by atoms with Gasteiger partial charge in [0, 0.05) is 24.1 Å². The van der Waals surface area contributed by atoms with Crippen LogP contribution in [-0.4, -0.2) is 47.4 Å². The van der Waals surface area contributed by atoms with Gasteiger partial charge in [-0.2, -0.15) is 0 Å². The molecule has 0 saturated carbocycles. The largest absolute Gasteiger partial charge is 0.480 e. The first-order valence-electron chi connectivity index (χ1n) is 6.34. The molecule has 1 amide bonds. The zero-order valence-corrected chi connectivity index (χ0v) is 12.9. The predicted molar refractivity (Wildman–Crippen MR) is 80.3 cm³/mol. The molecule has 0 aliphatic heterocycles. The zero-order chi connectivity index (χ0) is 16.7. The van der Waals surface area contributed by atoms with Crippen LogP contribution in [0.1, 0.15) is 17.3 Å². The van der Waals surface area contributed by atoms with Gasteiger partial charge in [-0.05, 0) is 11.8 Å². The topological polar surface area (TPSA) is 119 Å². The van der Waals surface area contributed by atoms with Crippen molar-refractivity contribution in [3.63, 3.8) is 0 Å². The van der Waals surface area contributed by atoms with E-state index in [1.807, 2.05) is 6.92 Å². The standard InChI is InChI=1S/C13H16N2O6S/c1-3-22-11-5-4-8(15(19)20)6-9(11)12(16)14-10(7-21-2)13(17)18/h4-6,10H,3,7H2,1-2H3,(H,14,16)(H,17,18). The average molecular weight is 328 g/mol. The first kappa shape index (κ1) is 17.9. The number of thioether (sulfide) groups is 1. The van der Waals surface area contributed by atoms with E-state index in [-0.39, 0.29) is 17.9 Å².